The van der Waals surface area contributed by atoms with Crippen LogP contribution in [-0.4, -0.2) is 63.6 Å². The fourth-order valence-corrected chi connectivity index (χ4v) is 4.62. The number of carbonyl (C=O) groups is 4. The van der Waals surface area contributed by atoms with Crippen molar-refractivity contribution in [3.8, 4) is 0 Å². The molecule has 39 heavy (non-hydrogen) atoms. The fraction of sp³-hybridized carbons (Fsp3) is 0.724. The van der Waals surface area contributed by atoms with Gasteiger partial charge in [-0.2, -0.15) is 0 Å². The number of hydrogen-bond acceptors (Lipinski definition) is 8. The van der Waals surface area contributed by atoms with E-state index in [1.54, 1.807) is 13.8 Å². The van der Waals surface area contributed by atoms with Gasteiger partial charge in [0.05, 0.1) is 26.4 Å². The first-order valence-corrected chi connectivity index (χ1v) is 14.1. The van der Waals surface area contributed by atoms with Gasteiger partial charge in [0.2, 0.25) is 0 Å². The van der Waals surface area contributed by atoms with E-state index in [0.29, 0.717) is 75.7 Å². The number of ether oxygens (including phenoxy) is 4. The molecule has 2 fully saturated rings. The van der Waals surface area contributed by atoms with Crippen molar-refractivity contribution in [2.45, 2.75) is 78.6 Å². The van der Waals surface area contributed by atoms with E-state index in [-0.39, 0.29) is 20.9 Å². The molecule has 2 aliphatic rings. The molecule has 0 aliphatic heterocycles. The summed E-state index contributed by atoms with van der Waals surface area (Å²) in [6.45, 7) is 14.7. The predicted octanol–water partition coefficient (Wildman–Crippen LogP) is 5.56. The average molecular weight is 557 g/mol. The van der Waals surface area contributed by atoms with E-state index >= 15 is 0 Å². The topological polar surface area (TPSA) is 129 Å². The summed E-state index contributed by atoms with van der Waals surface area (Å²) in [5, 5.41) is 5.41. The average Bonchev–Trinajstić information content (AvgIpc) is 3.18. The fourth-order valence-electron chi connectivity index (χ4n) is 4.62. The minimum atomic E-state index is -0.415. The summed E-state index contributed by atoms with van der Waals surface area (Å²) in [5.41, 5.74) is 0.788. The van der Waals surface area contributed by atoms with Gasteiger partial charge in [-0.05, 0) is 77.0 Å². The van der Waals surface area contributed by atoms with Crippen LogP contribution >= 0.6 is 0 Å². The third-order valence-electron chi connectivity index (χ3n) is 6.66. The van der Waals surface area contributed by atoms with Crippen LogP contribution in [-0.2, 0) is 28.5 Å². The van der Waals surface area contributed by atoms with Gasteiger partial charge in [0.1, 0.15) is 0 Å². The van der Waals surface area contributed by atoms with Gasteiger partial charge in [-0.15, -0.1) is 0 Å². The second-order valence-electron chi connectivity index (χ2n) is 10.2. The maximum absolute atomic E-state index is 11.7. The molecule has 226 valence electrons. The molecular weight excluding hydrogens is 504 g/mol. The highest BCUT2D eigenvalue weighted by atomic mass is 16.6. The first kappa shape index (κ1) is 34.0. The van der Waals surface area contributed by atoms with Crippen LogP contribution in [0.4, 0.5) is 9.59 Å². The number of rotatable bonds is 15. The molecule has 2 rings (SSSR count). The van der Waals surface area contributed by atoms with E-state index in [1.165, 1.54) is 32.1 Å². The Balaban J connectivity index is 0. The molecule has 2 aliphatic carbocycles. The molecule has 3 unspecified atom stereocenters. The number of amides is 2. The normalized spacial score (nSPS) is 19.0. The zero-order valence-electron chi connectivity index (χ0n) is 24.0. The van der Waals surface area contributed by atoms with Crippen molar-refractivity contribution in [2.75, 3.05) is 39.5 Å². The second kappa shape index (κ2) is 19.9. The summed E-state index contributed by atoms with van der Waals surface area (Å²) in [4.78, 5) is 44.6. The van der Waals surface area contributed by atoms with Gasteiger partial charge in [0.25, 0.3) is 0 Å². The lowest BCUT2D eigenvalue weighted by Crippen LogP contribution is -2.31. The lowest BCUT2D eigenvalue weighted by Gasteiger charge is -2.21. The van der Waals surface area contributed by atoms with Crippen LogP contribution in [0.15, 0.2) is 24.3 Å². The Kier molecular flexibility index (Phi) is 17.4. The molecule has 2 amide bonds. The number of esters is 2. The Labute approximate surface area is 236 Å². The molecule has 0 spiro atoms. The third-order valence-corrected chi connectivity index (χ3v) is 6.66. The molecule has 2 N–H and O–H groups in total. The van der Waals surface area contributed by atoms with Crippen LogP contribution in [0.5, 0.6) is 0 Å². The summed E-state index contributed by atoms with van der Waals surface area (Å²) in [6.07, 6.45) is 8.61. The second-order valence-corrected chi connectivity index (χ2v) is 10.2. The van der Waals surface area contributed by atoms with Crippen LogP contribution in [0.2, 0.25) is 0 Å². The Morgan fingerprint density at radius 1 is 0.744 bits per heavy atom. The summed E-state index contributed by atoms with van der Waals surface area (Å²) in [7, 11) is 0. The van der Waals surface area contributed by atoms with Crippen molar-refractivity contribution in [1.82, 2.24) is 10.6 Å². The number of unbranched alkanes of at least 4 members (excludes halogenated alkanes) is 2. The quantitative estimate of drug-likeness (QED) is 0.116. The minimum absolute atomic E-state index is 0. The van der Waals surface area contributed by atoms with E-state index in [1.807, 2.05) is 6.92 Å². The lowest BCUT2D eigenvalue weighted by molar-refractivity contribution is -0.140. The molecule has 2 bridgehead atoms. The number of hydrogen-bond donors (Lipinski definition) is 2. The Morgan fingerprint density at radius 3 is 1.69 bits per heavy atom. The van der Waals surface area contributed by atoms with Crippen LogP contribution in [0.25, 0.3) is 0 Å². The van der Waals surface area contributed by atoms with Crippen LogP contribution in [0.3, 0.4) is 0 Å². The predicted molar refractivity (Wildman–Crippen MR) is 152 cm³/mol. The largest absolute Gasteiger partial charge is 0.462 e. The maximum Gasteiger partial charge on any atom is 0.407 e. The van der Waals surface area contributed by atoms with E-state index in [2.05, 4.69) is 23.8 Å². The van der Waals surface area contributed by atoms with Crippen molar-refractivity contribution in [3.05, 3.63) is 24.3 Å². The molecular formula is C29H52N2O8. The Morgan fingerprint density at radius 2 is 1.23 bits per heavy atom. The maximum atomic E-state index is 11.7. The monoisotopic (exact) mass is 556 g/mol. The highest BCUT2D eigenvalue weighted by Crippen LogP contribution is 2.45. The standard InChI is InChI=1S/C18H29NO4.C11H19NO4.2H2/c1-13(2)17(20)22-8-3-4-9-23-18(21)19-12-16-11-14-6-5-7-15(16)10-14;1-4-12-11(14)16-8-6-5-7-15-10(13)9(2)3;;/h14-16H,1,3-12H2,2H3,(H,19,21);2,4-8H2,1,3H3,(H,12,14);2*1H. The van der Waals surface area contributed by atoms with E-state index < -0.39 is 6.09 Å². The first-order valence-electron chi connectivity index (χ1n) is 14.1. The molecule has 0 aromatic rings. The van der Waals surface area contributed by atoms with Gasteiger partial charge < -0.3 is 29.6 Å². The molecule has 0 aromatic carbocycles. The van der Waals surface area contributed by atoms with Crippen molar-refractivity contribution in [3.63, 3.8) is 0 Å². The molecule has 3 atom stereocenters. The van der Waals surface area contributed by atoms with Gasteiger partial charge in [0.15, 0.2) is 0 Å². The summed E-state index contributed by atoms with van der Waals surface area (Å²) in [5.74, 6) is 1.57. The van der Waals surface area contributed by atoms with Gasteiger partial charge in [-0.1, -0.05) is 32.4 Å². The molecule has 0 saturated heterocycles. The van der Waals surface area contributed by atoms with E-state index in [4.69, 9.17) is 18.9 Å². The molecule has 10 nitrogen and oxygen atoms in total. The molecule has 0 radical (unpaired) electrons. The number of nitrogens with one attached hydrogen (secondary N) is 2. The van der Waals surface area contributed by atoms with Crippen molar-refractivity contribution >= 4 is 24.1 Å². The van der Waals surface area contributed by atoms with Crippen LogP contribution in [0, 0.1) is 17.8 Å². The van der Waals surface area contributed by atoms with E-state index in [9.17, 15) is 19.2 Å². The lowest BCUT2D eigenvalue weighted by atomic mass is 9.87. The van der Waals surface area contributed by atoms with Gasteiger partial charge in [-0.3, -0.25) is 0 Å². The number of fused-ring (bicyclic) bond motifs is 2. The molecule has 0 aromatic heterocycles. The van der Waals surface area contributed by atoms with Gasteiger partial charge >= 0.3 is 24.1 Å². The Hall–Kier alpha value is -3.04. The smallest absolute Gasteiger partial charge is 0.407 e. The summed E-state index contributed by atoms with van der Waals surface area (Å²) in [6, 6.07) is 0. The minimum Gasteiger partial charge on any atom is -0.462 e. The molecule has 0 heterocycles. The van der Waals surface area contributed by atoms with E-state index in [0.717, 1.165) is 18.4 Å². The van der Waals surface area contributed by atoms with Gasteiger partial charge in [0, 0.05) is 27.1 Å². The number of carbonyl (C=O) groups excluding carboxylic acids is 4. The molecule has 10 heteroatoms. The SMILES string of the molecule is C=C(C)C(=O)OCCCCOC(=O)NCC.C=C(C)C(=O)OCCCCOC(=O)NCC1CC2CCCC1C2.[HH].[HH]. The van der Waals surface area contributed by atoms with Crippen molar-refractivity contribution in [1.29, 1.82) is 0 Å². The highest BCUT2D eigenvalue weighted by Gasteiger charge is 2.36. The Bertz CT molecular complexity index is 825. The molecule has 2 saturated carbocycles. The zero-order valence-corrected chi connectivity index (χ0v) is 24.0. The summed E-state index contributed by atoms with van der Waals surface area (Å²) < 4.78 is 19.8. The zero-order chi connectivity index (χ0) is 29.0. The first-order chi connectivity index (χ1) is 18.6. The summed E-state index contributed by atoms with van der Waals surface area (Å²) >= 11 is 0. The van der Waals surface area contributed by atoms with Crippen LogP contribution in [0.1, 0.15) is 81.4 Å². The number of alkyl carbamates (subject to hydrolysis) is 2. The van der Waals surface area contributed by atoms with Crippen molar-refractivity contribution in [2.24, 2.45) is 17.8 Å². The van der Waals surface area contributed by atoms with Crippen LogP contribution < -0.4 is 10.6 Å². The van der Waals surface area contributed by atoms with Crippen molar-refractivity contribution < 1.29 is 41.0 Å². The third kappa shape index (κ3) is 15.8. The highest BCUT2D eigenvalue weighted by molar-refractivity contribution is 5.87. The van der Waals surface area contributed by atoms with Gasteiger partial charge in [-0.25, -0.2) is 19.2 Å².